The van der Waals surface area contributed by atoms with E-state index >= 15 is 0 Å². The number of piperidine rings is 1. The first-order valence-electron chi connectivity index (χ1n) is 6.62. The highest BCUT2D eigenvalue weighted by molar-refractivity contribution is 6.31. The van der Waals surface area contributed by atoms with Gasteiger partial charge in [-0.05, 0) is 50.5 Å². The molecule has 1 aliphatic heterocycles. The Morgan fingerprint density at radius 3 is 2.70 bits per heavy atom. The summed E-state index contributed by atoms with van der Waals surface area (Å²) in [5.74, 6) is -0.973. The number of carboxylic acids is 1. The third kappa shape index (κ3) is 2.80. The summed E-state index contributed by atoms with van der Waals surface area (Å²) in [5, 5.41) is 9.91. The van der Waals surface area contributed by atoms with E-state index in [-0.39, 0.29) is 12.5 Å². The van der Waals surface area contributed by atoms with Crippen molar-refractivity contribution in [3.8, 4) is 0 Å². The van der Waals surface area contributed by atoms with Crippen molar-refractivity contribution in [3.63, 3.8) is 0 Å². The molecule has 5 heteroatoms. The molecule has 1 aliphatic rings. The average molecular weight is 296 g/mol. The molecular formula is C15H18ClNO3. The van der Waals surface area contributed by atoms with Gasteiger partial charge in [0.25, 0.3) is 5.91 Å². The molecule has 4 nitrogen and oxygen atoms in total. The van der Waals surface area contributed by atoms with Crippen LogP contribution in [-0.4, -0.2) is 35.0 Å². The molecule has 1 aromatic carbocycles. The van der Waals surface area contributed by atoms with Crippen molar-refractivity contribution in [2.75, 3.05) is 13.1 Å². The number of hydrogen-bond acceptors (Lipinski definition) is 2. The number of aliphatic carboxylic acids is 1. The van der Waals surface area contributed by atoms with Gasteiger partial charge in [0.2, 0.25) is 0 Å². The second-order valence-electron chi connectivity index (χ2n) is 5.66. The summed E-state index contributed by atoms with van der Waals surface area (Å²) in [6, 6.07) is 5.13. The molecule has 0 bridgehead atoms. The van der Waals surface area contributed by atoms with Gasteiger partial charge in [-0.3, -0.25) is 9.59 Å². The number of benzene rings is 1. The summed E-state index contributed by atoms with van der Waals surface area (Å²) >= 11 is 5.96. The van der Waals surface area contributed by atoms with Crippen molar-refractivity contribution in [1.29, 1.82) is 0 Å². The number of amides is 1. The fourth-order valence-corrected chi connectivity index (χ4v) is 2.67. The smallest absolute Gasteiger partial charge is 0.311 e. The van der Waals surface area contributed by atoms with Crippen LogP contribution in [-0.2, 0) is 4.79 Å². The molecule has 0 radical (unpaired) electrons. The van der Waals surface area contributed by atoms with Crippen LogP contribution in [0.2, 0.25) is 5.02 Å². The minimum absolute atomic E-state index is 0.128. The molecule has 0 saturated carbocycles. The Morgan fingerprint density at radius 1 is 1.40 bits per heavy atom. The van der Waals surface area contributed by atoms with E-state index in [9.17, 15) is 14.7 Å². The number of halogens is 1. The maximum atomic E-state index is 12.5. The number of carbonyl (C=O) groups excluding carboxylic acids is 1. The first kappa shape index (κ1) is 14.9. The SMILES string of the molecule is Cc1cc(C(=O)N2CCCC(C)(C(=O)O)C2)ccc1Cl. The molecule has 0 aliphatic carbocycles. The predicted molar refractivity (Wildman–Crippen MR) is 77.1 cm³/mol. The van der Waals surface area contributed by atoms with Crippen molar-refractivity contribution in [3.05, 3.63) is 34.3 Å². The maximum absolute atomic E-state index is 12.5. The fraction of sp³-hybridized carbons (Fsp3) is 0.467. The van der Waals surface area contributed by atoms with Crippen molar-refractivity contribution in [2.24, 2.45) is 5.41 Å². The Balaban J connectivity index is 2.20. The Hall–Kier alpha value is -1.55. The zero-order valence-corrected chi connectivity index (χ0v) is 12.4. The Kier molecular flexibility index (Phi) is 4.04. The van der Waals surface area contributed by atoms with E-state index in [1.807, 2.05) is 6.92 Å². The highest BCUT2D eigenvalue weighted by Crippen LogP contribution is 2.30. The number of carbonyl (C=O) groups is 2. The van der Waals surface area contributed by atoms with E-state index in [0.29, 0.717) is 30.0 Å². The molecule has 0 spiro atoms. The lowest BCUT2D eigenvalue weighted by atomic mass is 9.82. The van der Waals surface area contributed by atoms with Crippen LogP contribution in [0.4, 0.5) is 0 Å². The van der Waals surface area contributed by atoms with Crippen LogP contribution in [0.25, 0.3) is 0 Å². The van der Waals surface area contributed by atoms with Crippen LogP contribution >= 0.6 is 11.6 Å². The fourth-order valence-electron chi connectivity index (χ4n) is 2.55. The molecule has 1 fully saturated rings. The van der Waals surface area contributed by atoms with Gasteiger partial charge in [0.05, 0.1) is 5.41 Å². The summed E-state index contributed by atoms with van der Waals surface area (Å²) in [6.07, 6.45) is 1.31. The lowest BCUT2D eigenvalue weighted by Crippen LogP contribution is -2.48. The molecule has 1 saturated heterocycles. The summed E-state index contributed by atoms with van der Waals surface area (Å²) in [4.78, 5) is 25.4. The summed E-state index contributed by atoms with van der Waals surface area (Å²) < 4.78 is 0. The molecule has 1 unspecified atom stereocenters. The number of likely N-dealkylation sites (tertiary alicyclic amines) is 1. The lowest BCUT2D eigenvalue weighted by molar-refractivity contribution is -0.150. The highest BCUT2D eigenvalue weighted by atomic mass is 35.5. The summed E-state index contributed by atoms with van der Waals surface area (Å²) in [5.41, 5.74) is 0.548. The van der Waals surface area contributed by atoms with E-state index in [1.165, 1.54) is 0 Å². The normalized spacial score (nSPS) is 22.6. The van der Waals surface area contributed by atoms with Crippen molar-refractivity contribution in [2.45, 2.75) is 26.7 Å². The van der Waals surface area contributed by atoms with Gasteiger partial charge in [0.1, 0.15) is 0 Å². The van der Waals surface area contributed by atoms with Crippen LogP contribution < -0.4 is 0 Å². The molecule has 1 aromatic rings. The third-order valence-electron chi connectivity index (χ3n) is 3.90. The van der Waals surface area contributed by atoms with Crippen LogP contribution in [0.5, 0.6) is 0 Å². The van der Waals surface area contributed by atoms with Crippen LogP contribution in [0.3, 0.4) is 0 Å². The van der Waals surface area contributed by atoms with Gasteiger partial charge in [-0.25, -0.2) is 0 Å². The highest BCUT2D eigenvalue weighted by Gasteiger charge is 2.39. The second kappa shape index (κ2) is 5.44. The number of aryl methyl sites for hydroxylation is 1. The predicted octanol–water partition coefficient (Wildman–Crippen LogP) is 2.98. The Morgan fingerprint density at radius 2 is 2.10 bits per heavy atom. The van der Waals surface area contributed by atoms with E-state index in [4.69, 9.17) is 11.6 Å². The zero-order valence-electron chi connectivity index (χ0n) is 11.6. The number of hydrogen-bond donors (Lipinski definition) is 1. The van der Waals surface area contributed by atoms with Gasteiger partial charge in [0, 0.05) is 23.7 Å². The average Bonchev–Trinajstić information content (AvgIpc) is 2.41. The minimum atomic E-state index is -0.852. The molecule has 1 amide bonds. The number of rotatable bonds is 2. The monoisotopic (exact) mass is 295 g/mol. The molecule has 1 atom stereocenters. The first-order chi connectivity index (χ1) is 9.33. The Bertz CT molecular complexity index is 558. The van der Waals surface area contributed by atoms with Gasteiger partial charge < -0.3 is 10.0 Å². The molecule has 20 heavy (non-hydrogen) atoms. The molecule has 1 heterocycles. The van der Waals surface area contributed by atoms with E-state index in [0.717, 1.165) is 5.56 Å². The quantitative estimate of drug-likeness (QED) is 0.912. The summed E-state index contributed by atoms with van der Waals surface area (Å²) in [6.45, 7) is 4.39. The summed E-state index contributed by atoms with van der Waals surface area (Å²) in [7, 11) is 0. The molecular weight excluding hydrogens is 278 g/mol. The van der Waals surface area contributed by atoms with Crippen molar-refractivity contribution < 1.29 is 14.7 Å². The second-order valence-corrected chi connectivity index (χ2v) is 6.07. The van der Waals surface area contributed by atoms with Crippen molar-refractivity contribution >= 4 is 23.5 Å². The van der Waals surface area contributed by atoms with Gasteiger partial charge in [-0.1, -0.05) is 11.6 Å². The van der Waals surface area contributed by atoms with E-state index in [2.05, 4.69) is 0 Å². The standard InChI is InChI=1S/C15H18ClNO3/c1-10-8-11(4-5-12(10)16)13(18)17-7-3-6-15(2,9-17)14(19)20/h4-5,8H,3,6-7,9H2,1-2H3,(H,19,20). The molecule has 1 N–H and O–H groups in total. The van der Waals surface area contributed by atoms with Gasteiger partial charge in [-0.15, -0.1) is 0 Å². The van der Waals surface area contributed by atoms with Crippen molar-refractivity contribution in [1.82, 2.24) is 4.90 Å². The van der Waals surface area contributed by atoms with Gasteiger partial charge in [0.15, 0.2) is 0 Å². The van der Waals surface area contributed by atoms with E-state index in [1.54, 1.807) is 30.0 Å². The van der Waals surface area contributed by atoms with Gasteiger partial charge in [-0.2, -0.15) is 0 Å². The van der Waals surface area contributed by atoms with Crippen LogP contribution in [0.1, 0.15) is 35.7 Å². The van der Waals surface area contributed by atoms with Crippen LogP contribution in [0.15, 0.2) is 18.2 Å². The van der Waals surface area contributed by atoms with Gasteiger partial charge >= 0.3 is 5.97 Å². The maximum Gasteiger partial charge on any atom is 0.311 e. The lowest BCUT2D eigenvalue weighted by Gasteiger charge is -2.37. The Labute approximate surface area is 123 Å². The van der Waals surface area contributed by atoms with E-state index < -0.39 is 11.4 Å². The largest absolute Gasteiger partial charge is 0.481 e. The molecule has 108 valence electrons. The topological polar surface area (TPSA) is 57.6 Å². The first-order valence-corrected chi connectivity index (χ1v) is 7.00. The molecule has 0 aromatic heterocycles. The third-order valence-corrected chi connectivity index (χ3v) is 4.33. The number of nitrogens with zero attached hydrogens (tertiary/aromatic N) is 1. The number of carboxylic acid groups (broad SMARTS) is 1. The molecule has 2 rings (SSSR count). The minimum Gasteiger partial charge on any atom is -0.481 e. The zero-order chi connectivity index (χ0) is 14.9. The van der Waals surface area contributed by atoms with Crippen LogP contribution in [0, 0.1) is 12.3 Å².